The van der Waals surface area contributed by atoms with Crippen molar-refractivity contribution in [1.29, 1.82) is 0 Å². The Morgan fingerprint density at radius 2 is 1.89 bits per heavy atom. The Balaban J connectivity index is 1.79. The molecule has 0 spiro atoms. The maximum absolute atomic E-state index is 9.62. The third-order valence-corrected chi connectivity index (χ3v) is 4.53. The number of aliphatic hydroxyl groups excluding tert-OH is 1. The summed E-state index contributed by atoms with van der Waals surface area (Å²) in [5.41, 5.74) is 8.82. The van der Waals surface area contributed by atoms with Gasteiger partial charge in [-0.25, -0.2) is 0 Å². The zero-order chi connectivity index (χ0) is 12.5. The molecule has 1 saturated carbocycles. The molecule has 1 unspecified atom stereocenters. The van der Waals surface area contributed by atoms with Gasteiger partial charge in [0.05, 0.1) is 6.10 Å². The molecule has 1 atom stereocenters. The quantitative estimate of drug-likeness (QED) is 0.836. The van der Waals surface area contributed by atoms with E-state index >= 15 is 0 Å². The summed E-state index contributed by atoms with van der Waals surface area (Å²) in [4.78, 5) is 2.55. The fraction of sp³-hybridized carbons (Fsp3) is 0.600. The Hall–Kier alpha value is -0.900. The number of hydrogen-bond acceptors (Lipinski definition) is 3. The highest BCUT2D eigenvalue weighted by molar-refractivity contribution is 5.34. The summed E-state index contributed by atoms with van der Waals surface area (Å²) in [6.45, 7) is 1.72. The van der Waals surface area contributed by atoms with Crippen LogP contribution in [0.25, 0.3) is 0 Å². The number of nitrogens with two attached hydrogens (primary N) is 1. The van der Waals surface area contributed by atoms with E-state index in [0.29, 0.717) is 18.6 Å². The summed E-state index contributed by atoms with van der Waals surface area (Å²) in [5.74, 6) is 0. The first-order valence-corrected chi connectivity index (χ1v) is 7.01. The minimum Gasteiger partial charge on any atom is -0.393 e. The molecule has 1 aromatic rings. The van der Waals surface area contributed by atoms with Gasteiger partial charge in [0.25, 0.3) is 0 Å². The van der Waals surface area contributed by atoms with Gasteiger partial charge in [0.15, 0.2) is 0 Å². The number of benzene rings is 1. The van der Waals surface area contributed by atoms with Gasteiger partial charge in [0.1, 0.15) is 0 Å². The van der Waals surface area contributed by atoms with Crippen molar-refractivity contribution < 1.29 is 5.11 Å². The fourth-order valence-corrected chi connectivity index (χ4v) is 3.52. The average Bonchev–Trinajstić information content (AvgIpc) is 2.78. The molecule has 1 aromatic carbocycles. The third kappa shape index (κ3) is 2.07. The summed E-state index contributed by atoms with van der Waals surface area (Å²) in [6.07, 6.45) is 4.00. The van der Waals surface area contributed by atoms with Gasteiger partial charge in [-0.1, -0.05) is 24.3 Å². The van der Waals surface area contributed by atoms with E-state index in [1.165, 1.54) is 11.1 Å². The molecule has 3 nitrogen and oxygen atoms in total. The van der Waals surface area contributed by atoms with E-state index in [9.17, 15) is 5.11 Å². The van der Waals surface area contributed by atoms with E-state index in [-0.39, 0.29) is 6.10 Å². The Labute approximate surface area is 109 Å². The molecule has 1 fully saturated rings. The molecule has 1 aliphatic carbocycles. The van der Waals surface area contributed by atoms with Crippen molar-refractivity contribution in [2.75, 3.05) is 6.54 Å². The van der Waals surface area contributed by atoms with E-state index in [1.54, 1.807) is 0 Å². The zero-order valence-electron chi connectivity index (χ0n) is 10.8. The van der Waals surface area contributed by atoms with Crippen LogP contribution in [-0.2, 0) is 6.54 Å². The second-order valence-corrected chi connectivity index (χ2v) is 5.58. The summed E-state index contributed by atoms with van der Waals surface area (Å²) in [6, 6.07) is 9.62. The lowest BCUT2D eigenvalue weighted by Gasteiger charge is -2.36. The summed E-state index contributed by atoms with van der Waals surface area (Å²) >= 11 is 0. The normalized spacial score (nSPS) is 32.4. The second kappa shape index (κ2) is 5.00. The Morgan fingerprint density at radius 1 is 1.17 bits per heavy atom. The zero-order valence-corrected chi connectivity index (χ0v) is 10.8. The van der Waals surface area contributed by atoms with Gasteiger partial charge in [0, 0.05) is 25.2 Å². The van der Waals surface area contributed by atoms with Gasteiger partial charge in [-0.3, -0.25) is 4.90 Å². The Morgan fingerprint density at radius 3 is 2.61 bits per heavy atom. The van der Waals surface area contributed by atoms with Crippen LogP contribution in [0.5, 0.6) is 0 Å². The SMILES string of the molecule is NCC1c2ccccc2CN1C1CCC(O)CC1. The molecule has 2 aliphatic rings. The van der Waals surface area contributed by atoms with E-state index < -0.39 is 0 Å². The van der Waals surface area contributed by atoms with Crippen molar-refractivity contribution in [2.24, 2.45) is 5.73 Å². The van der Waals surface area contributed by atoms with Crippen LogP contribution in [0.1, 0.15) is 42.9 Å². The Kier molecular flexibility index (Phi) is 3.37. The van der Waals surface area contributed by atoms with Crippen LogP contribution in [0, 0.1) is 0 Å². The van der Waals surface area contributed by atoms with Crippen molar-refractivity contribution in [3.63, 3.8) is 0 Å². The highest BCUT2D eigenvalue weighted by atomic mass is 16.3. The minimum absolute atomic E-state index is 0.0810. The summed E-state index contributed by atoms with van der Waals surface area (Å²) < 4.78 is 0. The number of fused-ring (bicyclic) bond motifs is 1. The predicted octanol–water partition coefficient (Wildman–Crippen LogP) is 1.81. The largest absolute Gasteiger partial charge is 0.393 e. The second-order valence-electron chi connectivity index (χ2n) is 5.58. The standard InChI is InChI=1S/C15H22N2O/c16-9-15-14-4-2-1-3-11(14)10-17(15)12-5-7-13(18)8-6-12/h1-4,12-13,15,18H,5-10,16H2. The van der Waals surface area contributed by atoms with Crippen molar-refractivity contribution in [3.8, 4) is 0 Å². The smallest absolute Gasteiger partial charge is 0.0541 e. The third-order valence-electron chi connectivity index (χ3n) is 4.53. The summed E-state index contributed by atoms with van der Waals surface area (Å²) in [7, 11) is 0. The topological polar surface area (TPSA) is 49.5 Å². The van der Waals surface area contributed by atoms with Gasteiger partial charge < -0.3 is 10.8 Å². The lowest BCUT2D eigenvalue weighted by molar-refractivity contribution is 0.0571. The molecule has 18 heavy (non-hydrogen) atoms. The Bertz CT molecular complexity index is 413. The predicted molar refractivity (Wildman–Crippen MR) is 72.0 cm³/mol. The molecule has 0 radical (unpaired) electrons. The molecule has 0 aromatic heterocycles. The maximum Gasteiger partial charge on any atom is 0.0541 e. The molecular formula is C15H22N2O. The van der Waals surface area contributed by atoms with Crippen LogP contribution in [0.4, 0.5) is 0 Å². The van der Waals surface area contributed by atoms with Crippen LogP contribution in [0.15, 0.2) is 24.3 Å². The molecule has 3 N–H and O–H groups in total. The molecule has 98 valence electrons. The highest BCUT2D eigenvalue weighted by Crippen LogP contribution is 2.38. The fourth-order valence-electron chi connectivity index (χ4n) is 3.52. The van der Waals surface area contributed by atoms with E-state index in [4.69, 9.17) is 5.73 Å². The number of rotatable bonds is 2. The van der Waals surface area contributed by atoms with Gasteiger partial charge in [-0.15, -0.1) is 0 Å². The molecule has 0 bridgehead atoms. The van der Waals surface area contributed by atoms with Gasteiger partial charge >= 0.3 is 0 Å². The monoisotopic (exact) mass is 246 g/mol. The van der Waals surface area contributed by atoms with Crippen molar-refractivity contribution >= 4 is 0 Å². The van der Waals surface area contributed by atoms with Crippen LogP contribution >= 0.6 is 0 Å². The van der Waals surface area contributed by atoms with Crippen LogP contribution in [0.3, 0.4) is 0 Å². The van der Waals surface area contributed by atoms with E-state index in [2.05, 4.69) is 29.2 Å². The summed E-state index contributed by atoms with van der Waals surface area (Å²) in [5, 5.41) is 9.62. The lowest BCUT2D eigenvalue weighted by Crippen LogP contribution is -2.40. The van der Waals surface area contributed by atoms with E-state index in [0.717, 1.165) is 32.2 Å². The van der Waals surface area contributed by atoms with Crippen molar-refractivity contribution in [2.45, 2.75) is 50.4 Å². The molecule has 1 aliphatic heterocycles. The maximum atomic E-state index is 9.62. The molecule has 3 heteroatoms. The van der Waals surface area contributed by atoms with Crippen LogP contribution in [0.2, 0.25) is 0 Å². The van der Waals surface area contributed by atoms with Crippen molar-refractivity contribution in [3.05, 3.63) is 35.4 Å². The number of hydrogen-bond donors (Lipinski definition) is 2. The first-order valence-electron chi connectivity index (χ1n) is 7.01. The van der Waals surface area contributed by atoms with Crippen LogP contribution in [-0.4, -0.2) is 28.7 Å². The first-order chi connectivity index (χ1) is 8.79. The number of nitrogens with zero attached hydrogens (tertiary/aromatic N) is 1. The molecule has 0 saturated heterocycles. The van der Waals surface area contributed by atoms with Gasteiger partial charge in [-0.2, -0.15) is 0 Å². The van der Waals surface area contributed by atoms with Gasteiger partial charge in [0.2, 0.25) is 0 Å². The number of aliphatic hydroxyl groups is 1. The molecule has 1 heterocycles. The van der Waals surface area contributed by atoms with Crippen molar-refractivity contribution in [1.82, 2.24) is 4.90 Å². The van der Waals surface area contributed by atoms with E-state index in [1.807, 2.05) is 0 Å². The average molecular weight is 246 g/mol. The highest BCUT2D eigenvalue weighted by Gasteiger charge is 2.35. The first kappa shape index (κ1) is 12.2. The van der Waals surface area contributed by atoms with Crippen LogP contribution < -0.4 is 5.73 Å². The lowest BCUT2D eigenvalue weighted by atomic mass is 9.91. The minimum atomic E-state index is -0.0810. The molecular weight excluding hydrogens is 224 g/mol. The molecule has 3 rings (SSSR count). The van der Waals surface area contributed by atoms with Gasteiger partial charge in [-0.05, 0) is 36.8 Å². The molecule has 0 amide bonds.